The topological polar surface area (TPSA) is 83.8 Å². The SMILES string of the molecule is Cn1cncc1-c1nc2c(C(=O)O)cccc2[nH]1. The van der Waals surface area contributed by atoms with Gasteiger partial charge in [0.15, 0.2) is 5.82 Å². The number of aromatic nitrogens is 4. The first-order valence-corrected chi connectivity index (χ1v) is 5.35. The van der Waals surface area contributed by atoms with Gasteiger partial charge in [-0.3, -0.25) is 0 Å². The van der Waals surface area contributed by atoms with Crippen molar-refractivity contribution in [1.82, 2.24) is 19.5 Å². The molecule has 3 rings (SSSR count). The molecular formula is C12H10N4O2. The maximum atomic E-state index is 11.1. The zero-order chi connectivity index (χ0) is 12.7. The molecule has 2 N–H and O–H groups in total. The molecule has 18 heavy (non-hydrogen) atoms. The van der Waals surface area contributed by atoms with E-state index in [1.165, 1.54) is 0 Å². The van der Waals surface area contributed by atoms with Crippen molar-refractivity contribution in [3.8, 4) is 11.5 Å². The number of aromatic carboxylic acids is 1. The second kappa shape index (κ2) is 3.69. The maximum Gasteiger partial charge on any atom is 0.337 e. The fraction of sp³-hybridized carbons (Fsp3) is 0.0833. The van der Waals surface area contributed by atoms with Crippen LogP contribution in [0.4, 0.5) is 0 Å². The molecular weight excluding hydrogens is 232 g/mol. The number of hydrogen-bond donors (Lipinski definition) is 2. The number of para-hydroxylation sites is 1. The fourth-order valence-corrected chi connectivity index (χ4v) is 1.91. The first-order valence-electron chi connectivity index (χ1n) is 5.35. The third-order valence-electron chi connectivity index (χ3n) is 2.80. The van der Waals surface area contributed by atoms with Crippen molar-refractivity contribution in [2.24, 2.45) is 7.05 Å². The van der Waals surface area contributed by atoms with Crippen LogP contribution in [0.3, 0.4) is 0 Å². The number of hydrogen-bond acceptors (Lipinski definition) is 3. The van der Waals surface area contributed by atoms with Crippen LogP contribution in [0.15, 0.2) is 30.7 Å². The largest absolute Gasteiger partial charge is 0.478 e. The molecule has 6 nitrogen and oxygen atoms in total. The van der Waals surface area contributed by atoms with Gasteiger partial charge in [-0.05, 0) is 12.1 Å². The molecule has 0 radical (unpaired) electrons. The number of nitrogens with zero attached hydrogens (tertiary/aromatic N) is 3. The monoisotopic (exact) mass is 242 g/mol. The number of carboxylic acid groups (broad SMARTS) is 1. The summed E-state index contributed by atoms with van der Waals surface area (Å²) in [5, 5.41) is 9.11. The molecule has 0 aliphatic heterocycles. The lowest BCUT2D eigenvalue weighted by Gasteiger charge is -1.95. The second-order valence-corrected chi connectivity index (χ2v) is 3.98. The number of carboxylic acids is 1. The van der Waals surface area contributed by atoms with E-state index in [0.717, 1.165) is 5.69 Å². The van der Waals surface area contributed by atoms with Crippen LogP contribution < -0.4 is 0 Å². The van der Waals surface area contributed by atoms with E-state index in [1.807, 2.05) is 11.6 Å². The average molecular weight is 242 g/mol. The Labute approximate surface area is 102 Å². The maximum absolute atomic E-state index is 11.1. The number of carbonyl (C=O) groups is 1. The fourth-order valence-electron chi connectivity index (χ4n) is 1.91. The van der Waals surface area contributed by atoms with E-state index in [4.69, 9.17) is 5.11 Å². The molecule has 90 valence electrons. The van der Waals surface area contributed by atoms with Crippen LogP contribution in [0, 0.1) is 0 Å². The highest BCUT2D eigenvalue weighted by molar-refractivity contribution is 6.01. The molecule has 0 fully saturated rings. The molecule has 1 aromatic carbocycles. The predicted molar refractivity (Wildman–Crippen MR) is 65.3 cm³/mol. The average Bonchev–Trinajstić information content (AvgIpc) is 2.92. The van der Waals surface area contributed by atoms with E-state index in [1.54, 1.807) is 30.7 Å². The van der Waals surface area contributed by atoms with Crippen LogP contribution in [-0.2, 0) is 7.05 Å². The highest BCUT2D eigenvalue weighted by Gasteiger charge is 2.14. The third-order valence-corrected chi connectivity index (χ3v) is 2.80. The van der Waals surface area contributed by atoms with Gasteiger partial charge in [-0.15, -0.1) is 0 Å². The van der Waals surface area contributed by atoms with Gasteiger partial charge in [-0.25, -0.2) is 14.8 Å². The molecule has 0 saturated heterocycles. The summed E-state index contributed by atoms with van der Waals surface area (Å²) >= 11 is 0. The highest BCUT2D eigenvalue weighted by Crippen LogP contribution is 2.22. The number of H-pyrrole nitrogens is 1. The van der Waals surface area contributed by atoms with Crippen LogP contribution in [0.25, 0.3) is 22.6 Å². The number of rotatable bonds is 2. The molecule has 0 bridgehead atoms. The summed E-state index contributed by atoms with van der Waals surface area (Å²) < 4.78 is 1.82. The molecule has 0 saturated carbocycles. The molecule has 0 aliphatic rings. The quantitative estimate of drug-likeness (QED) is 0.715. The molecule has 0 amide bonds. The Morgan fingerprint density at radius 3 is 2.94 bits per heavy atom. The number of aromatic amines is 1. The number of benzene rings is 1. The number of imidazole rings is 2. The van der Waals surface area contributed by atoms with Crippen LogP contribution in [-0.4, -0.2) is 30.6 Å². The smallest absolute Gasteiger partial charge is 0.337 e. The highest BCUT2D eigenvalue weighted by atomic mass is 16.4. The van der Waals surface area contributed by atoms with E-state index < -0.39 is 5.97 Å². The van der Waals surface area contributed by atoms with Crippen molar-refractivity contribution in [1.29, 1.82) is 0 Å². The molecule has 0 aliphatic carbocycles. The van der Waals surface area contributed by atoms with Crippen molar-refractivity contribution < 1.29 is 9.90 Å². The van der Waals surface area contributed by atoms with E-state index in [0.29, 0.717) is 16.9 Å². The van der Waals surface area contributed by atoms with Crippen molar-refractivity contribution in [3.05, 3.63) is 36.3 Å². The number of nitrogens with one attached hydrogen (secondary N) is 1. The van der Waals surface area contributed by atoms with Gasteiger partial charge in [-0.1, -0.05) is 6.07 Å². The molecule has 0 atom stereocenters. The third kappa shape index (κ3) is 1.46. The zero-order valence-corrected chi connectivity index (χ0v) is 9.58. The molecule has 2 heterocycles. The number of fused-ring (bicyclic) bond motifs is 1. The number of aryl methyl sites for hydroxylation is 1. The van der Waals surface area contributed by atoms with Crippen molar-refractivity contribution in [2.75, 3.05) is 0 Å². The Balaban J connectivity index is 2.26. The van der Waals surface area contributed by atoms with E-state index in [-0.39, 0.29) is 5.56 Å². The predicted octanol–water partition coefficient (Wildman–Crippen LogP) is 1.66. The van der Waals surface area contributed by atoms with Gasteiger partial charge in [0.2, 0.25) is 0 Å². The van der Waals surface area contributed by atoms with E-state index in [2.05, 4.69) is 15.0 Å². The lowest BCUT2D eigenvalue weighted by molar-refractivity contribution is 0.0699. The lowest BCUT2D eigenvalue weighted by Crippen LogP contribution is -1.96. The summed E-state index contributed by atoms with van der Waals surface area (Å²) in [6.45, 7) is 0. The van der Waals surface area contributed by atoms with Gasteiger partial charge in [0, 0.05) is 7.05 Å². The normalized spacial score (nSPS) is 10.9. The van der Waals surface area contributed by atoms with Gasteiger partial charge < -0.3 is 14.7 Å². The summed E-state index contributed by atoms with van der Waals surface area (Å²) in [4.78, 5) is 22.6. The minimum Gasteiger partial charge on any atom is -0.478 e. The van der Waals surface area contributed by atoms with Crippen LogP contribution in [0.2, 0.25) is 0 Å². The Kier molecular flexibility index (Phi) is 2.16. The van der Waals surface area contributed by atoms with Crippen LogP contribution in [0.5, 0.6) is 0 Å². The lowest BCUT2D eigenvalue weighted by atomic mass is 10.2. The molecule has 6 heteroatoms. The first-order chi connectivity index (χ1) is 8.66. The Bertz CT molecular complexity index is 741. The summed E-state index contributed by atoms with van der Waals surface area (Å²) in [5.74, 6) is -0.373. The minimum absolute atomic E-state index is 0.192. The van der Waals surface area contributed by atoms with Crippen LogP contribution in [0.1, 0.15) is 10.4 Å². The second-order valence-electron chi connectivity index (χ2n) is 3.98. The van der Waals surface area contributed by atoms with Gasteiger partial charge in [-0.2, -0.15) is 0 Å². The summed E-state index contributed by atoms with van der Waals surface area (Å²) in [6.07, 6.45) is 3.35. The molecule has 2 aromatic heterocycles. The minimum atomic E-state index is -0.983. The summed E-state index contributed by atoms with van der Waals surface area (Å²) in [7, 11) is 1.85. The van der Waals surface area contributed by atoms with Gasteiger partial charge in [0.05, 0.1) is 23.6 Å². The molecule has 3 aromatic rings. The van der Waals surface area contributed by atoms with Gasteiger partial charge in [0.1, 0.15) is 11.2 Å². The summed E-state index contributed by atoms with van der Waals surface area (Å²) in [6, 6.07) is 5.03. The van der Waals surface area contributed by atoms with E-state index >= 15 is 0 Å². The van der Waals surface area contributed by atoms with Crippen molar-refractivity contribution in [3.63, 3.8) is 0 Å². The Morgan fingerprint density at radius 2 is 2.28 bits per heavy atom. The van der Waals surface area contributed by atoms with Crippen molar-refractivity contribution >= 4 is 17.0 Å². The molecule has 0 unspecified atom stereocenters. The van der Waals surface area contributed by atoms with Gasteiger partial charge >= 0.3 is 5.97 Å². The van der Waals surface area contributed by atoms with Crippen molar-refractivity contribution in [2.45, 2.75) is 0 Å². The first kappa shape index (κ1) is 10.5. The summed E-state index contributed by atoms with van der Waals surface area (Å²) in [5.41, 5.74) is 2.16. The Morgan fingerprint density at radius 1 is 1.44 bits per heavy atom. The van der Waals surface area contributed by atoms with E-state index in [9.17, 15) is 4.79 Å². The zero-order valence-electron chi connectivity index (χ0n) is 9.58. The molecule has 0 spiro atoms. The standard InChI is InChI=1S/C12H10N4O2/c1-16-6-13-5-9(16)11-14-8-4-2-3-7(12(17)18)10(8)15-11/h2-6H,1H3,(H,14,15)(H,17,18). The Hall–Kier alpha value is -2.63. The van der Waals surface area contributed by atoms with Crippen LogP contribution >= 0.6 is 0 Å². The van der Waals surface area contributed by atoms with Gasteiger partial charge in [0.25, 0.3) is 0 Å².